The highest BCUT2D eigenvalue weighted by Crippen LogP contribution is 2.27. The second-order valence-electron chi connectivity index (χ2n) is 6.90. The van der Waals surface area contributed by atoms with Crippen LogP contribution in [0, 0.1) is 0 Å². The summed E-state index contributed by atoms with van der Waals surface area (Å²) >= 11 is 0. The van der Waals surface area contributed by atoms with Gasteiger partial charge in [-0.2, -0.15) is 5.10 Å². The highest BCUT2D eigenvalue weighted by Gasteiger charge is 2.16. The van der Waals surface area contributed by atoms with Crippen molar-refractivity contribution in [2.24, 2.45) is 7.05 Å². The number of hydrogen-bond donors (Lipinski definition) is 1. The van der Waals surface area contributed by atoms with Crippen molar-refractivity contribution < 1.29 is 9.84 Å². The molecule has 2 aromatic carbocycles. The molecule has 5 heteroatoms. The minimum absolute atomic E-state index is 0.152. The Balaban J connectivity index is 1.80. The monoisotopic (exact) mass is 365 g/mol. The van der Waals surface area contributed by atoms with Gasteiger partial charge < -0.3 is 9.84 Å². The summed E-state index contributed by atoms with van der Waals surface area (Å²) in [5, 5.41) is 14.0. The number of aliphatic hydroxyl groups excluding tert-OH is 1. The van der Waals surface area contributed by atoms with E-state index in [1.54, 1.807) is 0 Å². The van der Waals surface area contributed by atoms with E-state index in [1.807, 2.05) is 66.3 Å². The van der Waals surface area contributed by atoms with E-state index in [4.69, 9.17) is 4.74 Å². The molecule has 142 valence electrons. The molecular formula is C22H27N3O2. The van der Waals surface area contributed by atoms with Gasteiger partial charge in [-0.05, 0) is 50.2 Å². The van der Waals surface area contributed by atoms with E-state index in [-0.39, 0.29) is 6.61 Å². The van der Waals surface area contributed by atoms with Crippen LogP contribution in [0.4, 0.5) is 0 Å². The second-order valence-corrected chi connectivity index (χ2v) is 6.90. The van der Waals surface area contributed by atoms with Crippen molar-refractivity contribution in [1.82, 2.24) is 14.7 Å². The van der Waals surface area contributed by atoms with Gasteiger partial charge in [0.15, 0.2) is 0 Å². The molecule has 0 saturated heterocycles. The SMILES string of the molecule is CC(C)N(CCO)Cc1cn(C)nc1-c1ccc(Oc2ccccc2)cc1. The topological polar surface area (TPSA) is 50.5 Å². The normalized spacial score (nSPS) is 11.3. The van der Waals surface area contributed by atoms with Gasteiger partial charge in [-0.25, -0.2) is 0 Å². The van der Waals surface area contributed by atoms with Gasteiger partial charge in [-0.1, -0.05) is 18.2 Å². The van der Waals surface area contributed by atoms with E-state index < -0.39 is 0 Å². The lowest BCUT2D eigenvalue weighted by atomic mass is 10.1. The molecule has 27 heavy (non-hydrogen) atoms. The van der Waals surface area contributed by atoms with Crippen molar-refractivity contribution in [2.75, 3.05) is 13.2 Å². The molecule has 0 saturated carbocycles. The Morgan fingerprint density at radius 2 is 1.70 bits per heavy atom. The first-order chi connectivity index (χ1) is 13.1. The third-order valence-electron chi connectivity index (χ3n) is 4.50. The Kier molecular flexibility index (Phi) is 6.27. The highest BCUT2D eigenvalue weighted by molar-refractivity contribution is 5.63. The fourth-order valence-electron chi connectivity index (χ4n) is 3.07. The fourth-order valence-corrected chi connectivity index (χ4v) is 3.07. The molecule has 0 fully saturated rings. The van der Waals surface area contributed by atoms with Crippen LogP contribution >= 0.6 is 0 Å². The van der Waals surface area contributed by atoms with Crippen molar-refractivity contribution >= 4 is 0 Å². The first-order valence-corrected chi connectivity index (χ1v) is 9.27. The van der Waals surface area contributed by atoms with Crippen LogP contribution < -0.4 is 4.74 Å². The molecule has 1 aromatic heterocycles. The van der Waals surface area contributed by atoms with E-state index in [0.29, 0.717) is 12.6 Å². The molecular weight excluding hydrogens is 338 g/mol. The number of benzene rings is 2. The predicted octanol–water partition coefficient (Wildman–Crippen LogP) is 4.08. The molecule has 5 nitrogen and oxygen atoms in total. The van der Waals surface area contributed by atoms with E-state index in [2.05, 4.69) is 30.0 Å². The van der Waals surface area contributed by atoms with Gasteiger partial charge in [0.2, 0.25) is 0 Å². The van der Waals surface area contributed by atoms with Crippen LogP contribution in [-0.4, -0.2) is 39.0 Å². The van der Waals surface area contributed by atoms with Crippen LogP contribution in [0.15, 0.2) is 60.8 Å². The minimum Gasteiger partial charge on any atom is -0.457 e. The number of aryl methyl sites for hydroxylation is 1. The molecule has 3 rings (SSSR count). The Morgan fingerprint density at radius 3 is 2.33 bits per heavy atom. The first kappa shape index (κ1) is 19.1. The zero-order valence-corrected chi connectivity index (χ0v) is 16.2. The zero-order valence-electron chi connectivity index (χ0n) is 16.2. The van der Waals surface area contributed by atoms with E-state index in [1.165, 1.54) is 0 Å². The van der Waals surface area contributed by atoms with Gasteiger partial charge in [-0.3, -0.25) is 9.58 Å². The summed E-state index contributed by atoms with van der Waals surface area (Å²) in [5.41, 5.74) is 3.17. The minimum atomic E-state index is 0.152. The van der Waals surface area contributed by atoms with Gasteiger partial charge in [0.25, 0.3) is 0 Å². The molecule has 3 aromatic rings. The van der Waals surface area contributed by atoms with Crippen LogP contribution in [0.25, 0.3) is 11.3 Å². The molecule has 0 aliphatic rings. The number of hydrogen-bond acceptors (Lipinski definition) is 4. The standard InChI is InChI=1S/C22H27N3O2/c1-17(2)25(13-14-26)16-19-15-24(3)23-22(19)18-9-11-21(12-10-18)27-20-7-5-4-6-8-20/h4-12,15,17,26H,13-14,16H2,1-3H3. The summed E-state index contributed by atoms with van der Waals surface area (Å²) in [4.78, 5) is 2.24. The molecule has 0 aliphatic carbocycles. The number of ether oxygens (including phenoxy) is 1. The predicted molar refractivity (Wildman–Crippen MR) is 108 cm³/mol. The number of aromatic nitrogens is 2. The summed E-state index contributed by atoms with van der Waals surface area (Å²) in [6, 6.07) is 18.1. The van der Waals surface area contributed by atoms with E-state index in [0.717, 1.165) is 34.9 Å². The summed E-state index contributed by atoms with van der Waals surface area (Å²) in [5.74, 6) is 1.62. The van der Waals surface area contributed by atoms with Crippen LogP contribution in [0.1, 0.15) is 19.4 Å². The van der Waals surface area contributed by atoms with Crippen LogP contribution in [0.2, 0.25) is 0 Å². The highest BCUT2D eigenvalue weighted by atomic mass is 16.5. The molecule has 1 heterocycles. The van der Waals surface area contributed by atoms with E-state index in [9.17, 15) is 5.11 Å². The summed E-state index contributed by atoms with van der Waals surface area (Å²) < 4.78 is 7.71. The quantitative estimate of drug-likeness (QED) is 0.653. The Morgan fingerprint density at radius 1 is 1.04 bits per heavy atom. The van der Waals surface area contributed by atoms with Crippen LogP contribution in [-0.2, 0) is 13.6 Å². The largest absolute Gasteiger partial charge is 0.457 e. The van der Waals surface area contributed by atoms with Crippen LogP contribution in [0.5, 0.6) is 11.5 Å². The first-order valence-electron chi connectivity index (χ1n) is 9.27. The van der Waals surface area contributed by atoms with Gasteiger partial charge in [0, 0.05) is 43.5 Å². The van der Waals surface area contributed by atoms with Gasteiger partial charge in [-0.15, -0.1) is 0 Å². The number of nitrogens with zero attached hydrogens (tertiary/aromatic N) is 3. The maximum atomic E-state index is 9.33. The molecule has 0 spiro atoms. The maximum absolute atomic E-state index is 9.33. The molecule has 0 unspecified atom stereocenters. The number of aliphatic hydroxyl groups is 1. The fraction of sp³-hybridized carbons (Fsp3) is 0.318. The molecule has 1 N–H and O–H groups in total. The Bertz CT molecular complexity index is 842. The van der Waals surface area contributed by atoms with Crippen LogP contribution in [0.3, 0.4) is 0 Å². The zero-order chi connectivity index (χ0) is 19.2. The van der Waals surface area contributed by atoms with Crippen molar-refractivity contribution in [1.29, 1.82) is 0 Å². The number of para-hydroxylation sites is 1. The lowest BCUT2D eigenvalue weighted by Crippen LogP contribution is -2.32. The van der Waals surface area contributed by atoms with Crippen molar-refractivity contribution in [3.05, 3.63) is 66.4 Å². The van der Waals surface area contributed by atoms with Gasteiger partial charge in [0.1, 0.15) is 11.5 Å². The van der Waals surface area contributed by atoms with E-state index >= 15 is 0 Å². The summed E-state index contributed by atoms with van der Waals surface area (Å²) in [6.45, 7) is 5.83. The smallest absolute Gasteiger partial charge is 0.127 e. The molecule has 0 bridgehead atoms. The van der Waals surface area contributed by atoms with Crippen molar-refractivity contribution in [2.45, 2.75) is 26.4 Å². The lowest BCUT2D eigenvalue weighted by molar-refractivity contribution is 0.159. The maximum Gasteiger partial charge on any atom is 0.127 e. The van der Waals surface area contributed by atoms with Gasteiger partial charge >= 0.3 is 0 Å². The number of rotatable bonds is 8. The summed E-state index contributed by atoms with van der Waals surface area (Å²) in [7, 11) is 1.94. The van der Waals surface area contributed by atoms with Gasteiger partial charge in [0.05, 0.1) is 12.3 Å². The Hall–Kier alpha value is -2.63. The molecule has 0 amide bonds. The Labute approximate surface area is 160 Å². The average molecular weight is 365 g/mol. The lowest BCUT2D eigenvalue weighted by Gasteiger charge is -2.25. The molecule has 0 radical (unpaired) electrons. The molecule has 0 aliphatic heterocycles. The summed E-state index contributed by atoms with van der Waals surface area (Å²) in [6.07, 6.45) is 2.05. The molecule has 0 atom stereocenters. The second kappa shape index (κ2) is 8.84. The van der Waals surface area contributed by atoms with Crippen molar-refractivity contribution in [3.63, 3.8) is 0 Å². The third-order valence-corrected chi connectivity index (χ3v) is 4.50. The average Bonchev–Trinajstić information content (AvgIpc) is 3.03. The third kappa shape index (κ3) is 4.96. The van der Waals surface area contributed by atoms with Crippen molar-refractivity contribution in [3.8, 4) is 22.8 Å².